The van der Waals surface area contributed by atoms with E-state index in [0.29, 0.717) is 18.8 Å². The average Bonchev–Trinajstić information content (AvgIpc) is 3.17. The molecule has 0 aliphatic carbocycles. The molecule has 138 valence electrons. The molecule has 2 heterocycles. The topological polar surface area (TPSA) is 81.8 Å². The van der Waals surface area contributed by atoms with E-state index in [9.17, 15) is 13.2 Å². The van der Waals surface area contributed by atoms with Crippen molar-refractivity contribution < 1.29 is 13.2 Å². The van der Waals surface area contributed by atoms with Gasteiger partial charge in [0, 0.05) is 43.5 Å². The van der Waals surface area contributed by atoms with Crippen molar-refractivity contribution in [1.29, 1.82) is 0 Å². The van der Waals surface area contributed by atoms with Gasteiger partial charge in [0.2, 0.25) is 15.9 Å². The van der Waals surface area contributed by atoms with E-state index in [1.165, 1.54) is 4.31 Å². The standard InChI is InChI=1S/C16H24N4O3S2/c1-2-19-6-8-20(9-7-19)25(22,23)14-5-3-4-13(10-14)18-16(21)15-11-24-12-17-15/h3-5,10,15,17H,2,6-9,11-12H2,1H3,(H,18,21). The highest BCUT2D eigenvalue weighted by molar-refractivity contribution is 7.99. The highest BCUT2D eigenvalue weighted by atomic mass is 32.2. The van der Waals surface area contributed by atoms with Gasteiger partial charge in [-0.3, -0.25) is 10.1 Å². The molecule has 0 saturated carbocycles. The van der Waals surface area contributed by atoms with Crippen molar-refractivity contribution in [3.8, 4) is 0 Å². The molecule has 2 aliphatic heterocycles. The maximum absolute atomic E-state index is 12.9. The number of carbonyl (C=O) groups is 1. The normalized spacial score (nSPS) is 22.8. The van der Waals surface area contributed by atoms with E-state index in [1.807, 2.05) is 0 Å². The molecule has 2 N–H and O–H groups in total. The molecule has 2 fully saturated rings. The summed E-state index contributed by atoms with van der Waals surface area (Å²) in [4.78, 5) is 14.7. The van der Waals surface area contributed by atoms with E-state index in [4.69, 9.17) is 0 Å². The van der Waals surface area contributed by atoms with Crippen LogP contribution in [0.15, 0.2) is 29.2 Å². The molecule has 3 rings (SSSR count). The third-order valence-corrected chi connectivity index (χ3v) is 7.39. The molecule has 1 aromatic rings. The number of hydrogen-bond acceptors (Lipinski definition) is 6. The van der Waals surface area contributed by atoms with Gasteiger partial charge in [-0.25, -0.2) is 8.42 Å². The first-order chi connectivity index (χ1) is 12.0. The molecule has 0 bridgehead atoms. The molecular formula is C16H24N4O3S2. The minimum atomic E-state index is -3.54. The van der Waals surface area contributed by atoms with Crippen LogP contribution in [0.4, 0.5) is 5.69 Å². The predicted molar refractivity (Wildman–Crippen MR) is 100 cm³/mol. The molecule has 1 aromatic carbocycles. The van der Waals surface area contributed by atoms with Crippen LogP contribution in [0.5, 0.6) is 0 Å². The zero-order valence-electron chi connectivity index (χ0n) is 14.3. The number of hydrogen-bond donors (Lipinski definition) is 2. The van der Waals surface area contributed by atoms with Gasteiger partial charge in [0.15, 0.2) is 0 Å². The molecule has 25 heavy (non-hydrogen) atoms. The Balaban J connectivity index is 1.70. The molecule has 1 atom stereocenters. The fraction of sp³-hybridized carbons (Fsp3) is 0.562. The van der Waals surface area contributed by atoms with Crippen molar-refractivity contribution in [1.82, 2.24) is 14.5 Å². The number of carbonyl (C=O) groups excluding carboxylic acids is 1. The highest BCUT2D eigenvalue weighted by Crippen LogP contribution is 2.21. The SMILES string of the molecule is CCN1CCN(S(=O)(=O)c2cccc(NC(=O)C3CSCN3)c2)CC1. The lowest BCUT2D eigenvalue weighted by atomic mass is 10.2. The largest absolute Gasteiger partial charge is 0.325 e. The number of thioether (sulfide) groups is 1. The number of sulfonamides is 1. The third kappa shape index (κ3) is 4.35. The van der Waals surface area contributed by atoms with E-state index < -0.39 is 10.0 Å². The summed E-state index contributed by atoms with van der Waals surface area (Å²) < 4.78 is 27.2. The van der Waals surface area contributed by atoms with Crippen molar-refractivity contribution in [3.05, 3.63) is 24.3 Å². The van der Waals surface area contributed by atoms with Crippen LogP contribution < -0.4 is 10.6 Å². The van der Waals surface area contributed by atoms with E-state index in [0.717, 1.165) is 31.3 Å². The lowest BCUT2D eigenvalue weighted by Gasteiger charge is -2.33. The summed E-state index contributed by atoms with van der Waals surface area (Å²) in [6, 6.07) is 6.28. The number of nitrogens with one attached hydrogen (secondary N) is 2. The van der Waals surface area contributed by atoms with Crippen LogP contribution in [0.2, 0.25) is 0 Å². The fourth-order valence-electron chi connectivity index (χ4n) is 2.96. The average molecular weight is 385 g/mol. The zero-order valence-corrected chi connectivity index (χ0v) is 15.9. The van der Waals surface area contributed by atoms with Crippen LogP contribution >= 0.6 is 11.8 Å². The van der Waals surface area contributed by atoms with Gasteiger partial charge in [0.25, 0.3) is 0 Å². The summed E-state index contributed by atoms with van der Waals surface area (Å²) in [5.74, 6) is 1.36. The van der Waals surface area contributed by atoms with E-state index in [2.05, 4.69) is 22.5 Å². The number of amides is 1. The smallest absolute Gasteiger partial charge is 0.243 e. The van der Waals surface area contributed by atoms with Gasteiger partial charge in [-0.05, 0) is 24.7 Å². The Bertz CT molecular complexity index is 712. The van der Waals surface area contributed by atoms with E-state index in [1.54, 1.807) is 36.0 Å². The molecule has 0 aromatic heterocycles. The molecule has 7 nitrogen and oxygen atoms in total. The van der Waals surface area contributed by atoms with Crippen molar-refractivity contribution in [2.75, 3.05) is 49.7 Å². The highest BCUT2D eigenvalue weighted by Gasteiger charge is 2.28. The quantitative estimate of drug-likeness (QED) is 0.774. The summed E-state index contributed by atoms with van der Waals surface area (Å²) in [6.45, 7) is 5.50. The van der Waals surface area contributed by atoms with Crippen molar-refractivity contribution in [2.45, 2.75) is 17.9 Å². The van der Waals surface area contributed by atoms with E-state index >= 15 is 0 Å². The first-order valence-corrected chi connectivity index (χ1v) is 11.0. The van der Waals surface area contributed by atoms with E-state index in [-0.39, 0.29) is 16.8 Å². The maximum Gasteiger partial charge on any atom is 0.243 e. The zero-order chi connectivity index (χ0) is 17.9. The Morgan fingerprint density at radius 1 is 1.32 bits per heavy atom. The van der Waals surface area contributed by atoms with Gasteiger partial charge < -0.3 is 10.2 Å². The minimum Gasteiger partial charge on any atom is -0.325 e. The van der Waals surface area contributed by atoms with Crippen LogP contribution in [0, 0.1) is 0 Å². The number of rotatable bonds is 5. The molecular weight excluding hydrogens is 360 g/mol. The van der Waals surface area contributed by atoms with Gasteiger partial charge in [-0.2, -0.15) is 4.31 Å². The number of benzene rings is 1. The van der Waals surface area contributed by atoms with Gasteiger partial charge in [-0.1, -0.05) is 13.0 Å². The molecule has 0 radical (unpaired) electrons. The second-order valence-electron chi connectivity index (χ2n) is 6.13. The van der Waals surface area contributed by atoms with Gasteiger partial charge in [-0.15, -0.1) is 11.8 Å². The van der Waals surface area contributed by atoms with Crippen LogP contribution in [-0.2, 0) is 14.8 Å². The molecule has 2 saturated heterocycles. The van der Waals surface area contributed by atoms with Crippen molar-refractivity contribution in [3.63, 3.8) is 0 Å². The first kappa shape index (κ1) is 18.7. The third-order valence-electron chi connectivity index (χ3n) is 4.55. The first-order valence-electron chi connectivity index (χ1n) is 8.45. The van der Waals surface area contributed by atoms with Crippen LogP contribution in [0.3, 0.4) is 0 Å². The number of nitrogens with zero attached hydrogens (tertiary/aromatic N) is 2. The summed E-state index contributed by atoms with van der Waals surface area (Å²) in [7, 11) is -3.54. The van der Waals surface area contributed by atoms with Gasteiger partial charge >= 0.3 is 0 Å². The maximum atomic E-state index is 12.9. The van der Waals surface area contributed by atoms with Crippen LogP contribution in [0.1, 0.15) is 6.92 Å². The molecule has 1 amide bonds. The van der Waals surface area contributed by atoms with Crippen molar-refractivity contribution >= 4 is 33.4 Å². The molecule has 1 unspecified atom stereocenters. The monoisotopic (exact) mass is 384 g/mol. The number of likely N-dealkylation sites (N-methyl/N-ethyl adjacent to an activating group) is 1. The Labute approximate surface area is 153 Å². The lowest BCUT2D eigenvalue weighted by molar-refractivity contribution is -0.117. The second-order valence-corrected chi connectivity index (χ2v) is 9.10. The Kier molecular flexibility index (Phi) is 6.00. The Hall–Kier alpha value is -1.13. The second kappa shape index (κ2) is 8.05. The molecule has 2 aliphatic rings. The van der Waals surface area contributed by atoms with Gasteiger partial charge in [0.1, 0.15) is 0 Å². The van der Waals surface area contributed by atoms with Crippen LogP contribution in [-0.4, -0.2) is 73.9 Å². The minimum absolute atomic E-state index is 0.129. The number of anilines is 1. The van der Waals surface area contributed by atoms with Crippen LogP contribution in [0.25, 0.3) is 0 Å². The van der Waals surface area contributed by atoms with Crippen molar-refractivity contribution in [2.24, 2.45) is 0 Å². The Morgan fingerprint density at radius 3 is 2.72 bits per heavy atom. The summed E-state index contributed by atoms with van der Waals surface area (Å²) >= 11 is 1.67. The fourth-order valence-corrected chi connectivity index (χ4v) is 5.37. The number of piperazine rings is 1. The lowest BCUT2D eigenvalue weighted by Crippen LogP contribution is -2.48. The Morgan fingerprint density at radius 2 is 2.08 bits per heavy atom. The van der Waals surface area contributed by atoms with Gasteiger partial charge in [0.05, 0.1) is 10.9 Å². The predicted octanol–water partition coefficient (Wildman–Crippen LogP) is 0.614. The summed E-state index contributed by atoms with van der Waals surface area (Å²) in [5, 5.41) is 5.91. The summed E-state index contributed by atoms with van der Waals surface area (Å²) in [5.41, 5.74) is 0.511. The molecule has 9 heteroatoms. The summed E-state index contributed by atoms with van der Waals surface area (Å²) in [6.07, 6.45) is 0. The molecule has 0 spiro atoms.